The molecule has 15 heavy (non-hydrogen) atoms. The average molecular weight is 391 g/mol. The van der Waals surface area contributed by atoms with E-state index in [1.54, 1.807) is 0 Å². The maximum Gasteiger partial charge on any atom is 0.0342 e. The zero-order chi connectivity index (χ0) is 10.8. The molecule has 0 nitrogen and oxygen atoms in total. The van der Waals surface area contributed by atoms with E-state index in [0.717, 1.165) is 9.37 Å². The lowest BCUT2D eigenvalue weighted by Crippen LogP contribution is -1.84. The van der Waals surface area contributed by atoms with E-state index in [1.165, 1.54) is 14.7 Å². The van der Waals surface area contributed by atoms with E-state index >= 15 is 0 Å². The Morgan fingerprint density at radius 1 is 1.07 bits per heavy atom. The van der Waals surface area contributed by atoms with E-state index in [1.807, 2.05) is 24.3 Å². The molecule has 0 saturated heterocycles. The lowest BCUT2D eigenvalue weighted by Gasteiger charge is -2.07. The van der Waals surface area contributed by atoms with Gasteiger partial charge in [-0.2, -0.15) is 0 Å². The maximum absolute atomic E-state index is 4.42. The fraction of sp³-hybridized carbons (Fsp3) is 0. The van der Waals surface area contributed by atoms with Crippen molar-refractivity contribution < 1.29 is 0 Å². The molecule has 0 aliphatic carbocycles. The van der Waals surface area contributed by atoms with Crippen LogP contribution in [0.4, 0.5) is 0 Å². The minimum atomic E-state index is 1.02. The van der Waals surface area contributed by atoms with Gasteiger partial charge in [0.25, 0.3) is 0 Å². The standard InChI is InChI=1S/C12H8BrIS/c13-9-4-1-3-8(7-9)10-5-2-6-11(15)12(10)14/h1-7,15H. The van der Waals surface area contributed by atoms with Gasteiger partial charge < -0.3 is 0 Å². The summed E-state index contributed by atoms with van der Waals surface area (Å²) >= 11 is 10.2. The van der Waals surface area contributed by atoms with Crippen molar-refractivity contribution in [3.05, 3.63) is 50.5 Å². The number of benzene rings is 2. The summed E-state index contributed by atoms with van der Waals surface area (Å²) in [7, 11) is 0. The van der Waals surface area contributed by atoms with Crippen molar-refractivity contribution >= 4 is 51.1 Å². The molecule has 76 valence electrons. The Kier molecular flexibility index (Phi) is 3.74. The van der Waals surface area contributed by atoms with E-state index in [-0.39, 0.29) is 0 Å². The lowest BCUT2D eigenvalue weighted by atomic mass is 10.1. The first kappa shape index (κ1) is 11.5. The summed E-state index contributed by atoms with van der Waals surface area (Å²) in [6.45, 7) is 0. The van der Waals surface area contributed by atoms with Crippen LogP contribution in [0.5, 0.6) is 0 Å². The van der Waals surface area contributed by atoms with Gasteiger partial charge in [-0.15, -0.1) is 12.6 Å². The first-order valence-corrected chi connectivity index (χ1v) is 6.74. The average Bonchev–Trinajstić information content (AvgIpc) is 2.22. The number of hydrogen-bond donors (Lipinski definition) is 1. The van der Waals surface area contributed by atoms with Gasteiger partial charge >= 0.3 is 0 Å². The highest BCUT2D eigenvalue weighted by atomic mass is 127. The van der Waals surface area contributed by atoms with Crippen molar-refractivity contribution in [2.45, 2.75) is 4.90 Å². The van der Waals surface area contributed by atoms with Gasteiger partial charge in [-0.25, -0.2) is 0 Å². The molecule has 0 saturated carbocycles. The highest BCUT2D eigenvalue weighted by molar-refractivity contribution is 14.1. The first-order chi connectivity index (χ1) is 7.18. The molecule has 0 aromatic heterocycles. The third kappa shape index (κ3) is 2.57. The van der Waals surface area contributed by atoms with Crippen molar-refractivity contribution in [1.82, 2.24) is 0 Å². The van der Waals surface area contributed by atoms with Gasteiger partial charge in [0.15, 0.2) is 0 Å². The summed E-state index contributed by atoms with van der Waals surface area (Å²) < 4.78 is 2.29. The molecule has 0 N–H and O–H groups in total. The molecule has 0 spiro atoms. The molecule has 0 unspecified atom stereocenters. The molecule has 2 aromatic rings. The fourth-order valence-corrected chi connectivity index (χ4v) is 2.68. The Morgan fingerprint density at radius 2 is 1.80 bits per heavy atom. The van der Waals surface area contributed by atoms with Crippen LogP contribution in [0.1, 0.15) is 0 Å². The monoisotopic (exact) mass is 390 g/mol. The van der Waals surface area contributed by atoms with Gasteiger partial charge in [0.1, 0.15) is 0 Å². The number of hydrogen-bond acceptors (Lipinski definition) is 1. The smallest absolute Gasteiger partial charge is 0.0342 e. The molecule has 0 atom stereocenters. The minimum Gasteiger partial charge on any atom is -0.142 e. The SMILES string of the molecule is Sc1cccc(-c2cccc(Br)c2)c1I. The molecule has 3 heteroatoms. The first-order valence-electron chi connectivity index (χ1n) is 4.42. The third-order valence-corrected chi connectivity index (χ3v) is 4.57. The predicted octanol–water partition coefficient (Wildman–Crippen LogP) is 5.01. The number of rotatable bonds is 1. The van der Waals surface area contributed by atoms with Gasteiger partial charge in [0.05, 0.1) is 0 Å². The highest BCUT2D eigenvalue weighted by Gasteiger charge is 2.05. The van der Waals surface area contributed by atoms with Crippen LogP contribution in [0.15, 0.2) is 51.8 Å². The summed E-state index contributed by atoms with van der Waals surface area (Å²) in [6.07, 6.45) is 0. The van der Waals surface area contributed by atoms with Gasteiger partial charge in [0, 0.05) is 12.9 Å². The van der Waals surface area contributed by atoms with Gasteiger partial charge in [-0.05, 0) is 51.9 Å². The van der Waals surface area contributed by atoms with Crippen molar-refractivity contribution in [3.8, 4) is 11.1 Å². The van der Waals surface area contributed by atoms with Crippen molar-refractivity contribution in [2.24, 2.45) is 0 Å². The Hall–Kier alpha value is -0.000000000000000111. The minimum absolute atomic E-state index is 1.02. The van der Waals surface area contributed by atoms with Crippen molar-refractivity contribution in [3.63, 3.8) is 0 Å². The van der Waals surface area contributed by atoms with Crippen LogP contribution in [0.2, 0.25) is 0 Å². The quantitative estimate of drug-likeness (QED) is 0.513. The Labute approximate surface area is 117 Å². The molecule has 0 aliphatic heterocycles. The molecule has 0 radical (unpaired) electrons. The molecule has 0 heterocycles. The van der Waals surface area contributed by atoms with Crippen LogP contribution < -0.4 is 0 Å². The van der Waals surface area contributed by atoms with E-state index in [9.17, 15) is 0 Å². The predicted molar refractivity (Wildman–Crippen MR) is 79.5 cm³/mol. The second-order valence-corrected chi connectivity index (χ2v) is 5.63. The molecule has 0 amide bonds. The molecule has 0 aliphatic rings. The summed E-state index contributed by atoms with van der Waals surface area (Å²) in [4.78, 5) is 1.02. The lowest BCUT2D eigenvalue weighted by molar-refractivity contribution is 1.41. The van der Waals surface area contributed by atoms with Crippen LogP contribution in [0.3, 0.4) is 0 Å². The van der Waals surface area contributed by atoms with Crippen molar-refractivity contribution in [2.75, 3.05) is 0 Å². The van der Waals surface area contributed by atoms with E-state index in [4.69, 9.17) is 0 Å². The maximum atomic E-state index is 4.42. The van der Waals surface area contributed by atoms with Gasteiger partial charge in [-0.3, -0.25) is 0 Å². The van der Waals surface area contributed by atoms with Crippen LogP contribution in [-0.2, 0) is 0 Å². The highest BCUT2D eigenvalue weighted by Crippen LogP contribution is 2.30. The van der Waals surface area contributed by atoms with E-state index in [2.05, 4.69) is 69.3 Å². The summed E-state index contributed by atoms with van der Waals surface area (Å²) in [5, 5.41) is 0. The number of thiol groups is 1. The van der Waals surface area contributed by atoms with Crippen molar-refractivity contribution in [1.29, 1.82) is 0 Å². The molecule has 2 rings (SSSR count). The topological polar surface area (TPSA) is 0 Å². The largest absolute Gasteiger partial charge is 0.142 e. The molecule has 0 fully saturated rings. The second kappa shape index (κ2) is 4.89. The van der Waals surface area contributed by atoms with Crippen LogP contribution in [0, 0.1) is 3.57 Å². The summed E-state index contributed by atoms with van der Waals surface area (Å²) in [6, 6.07) is 14.4. The van der Waals surface area contributed by atoms with Crippen LogP contribution in [-0.4, -0.2) is 0 Å². The summed E-state index contributed by atoms with van der Waals surface area (Å²) in [5.41, 5.74) is 2.44. The number of halogens is 2. The molecular weight excluding hydrogens is 383 g/mol. The molecule has 0 bridgehead atoms. The second-order valence-electron chi connectivity index (χ2n) is 3.15. The molecule has 2 aromatic carbocycles. The normalized spacial score (nSPS) is 10.3. The van der Waals surface area contributed by atoms with E-state index in [0.29, 0.717) is 0 Å². The summed E-state index contributed by atoms with van der Waals surface area (Å²) in [5.74, 6) is 0. The van der Waals surface area contributed by atoms with Gasteiger partial charge in [0.2, 0.25) is 0 Å². The molecular formula is C12H8BrIS. The zero-order valence-electron chi connectivity index (χ0n) is 7.74. The Morgan fingerprint density at radius 3 is 2.53 bits per heavy atom. The fourth-order valence-electron chi connectivity index (χ4n) is 1.40. The Balaban J connectivity index is 2.59. The van der Waals surface area contributed by atoms with E-state index < -0.39 is 0 Å². The zero-order valence-corrected chi connectivity index (χ0v) is 12.4. The van der Waals surface area contributed by atoms with Gasteiger partial charge in [-0.1, -0.05) is 40.2 Å². The van der Waals surface area contributed by atoms with Crippen LogP contribution >= 0.6 is 51.1 Å². The van der Waals surface area contributed by atoms with Crippen LogP contribution in [0.25, 0.3) is 11.1 Å². The third-order valence-electron chi connectivity index (χ3n) is 2.11. The Bertz CT molecular complexity index is 497.